The topological polar surface area (TPSA) is 62.3 Å². The van der Waals surface area contributed by atoms with Crippen LogP contribution in [0.2, 0.25) is 0 Å². The number of aromatic nitrogens is 1. The molecule has 0 fully saturated rings. The first kappa shape index (κ1) is 18.8. The van der Waals surface area contributed by atoms with E-state index in [1.54, 1.807) is 19.2 Å². The summed E-state index contributed by atoms with van der Waals surface area (Å²) in [6, 6.07) is 21.5. The van der Waals surface area contributed by atoms with E-state index in [-0.39, 0.29) is 5.56 Å². The summed E-state index contributed by atoms with van der Waals surface area (Å²) in [5.41, 5.74) is 5.59. The fourth-order valence-electron chi connectivity index (χ4n) is 3.72. The maximum Gasteiger partial charge on any atom is 0.335 e. The van der Waals surface area contributed by atoms with E-state index in [0.717, 1.165) is 33.7 Å². The average Bonchev–Trinajstić information content (AvgIpc) is 3.22. The van der Waals surface area contributed by atoms with Crippen LogP contribution >= 0.6 is 0 Å². The zero-order valence-electron chi connectivity index (χ0n) is 16.7. The fraction of sp³-hybridized carbons (Fsp3) is 0.160. The molecule has 0 aliphatic rings. The molecule has 4 rings (SSSR count). The van der Waals surface area contributed by atoms with Gasteiger partial charge in [0.15, 0.2) is 0 Å². The lowest BCUT2D eigenvalue weighted by molar-refractivity contribution is 0.0697. The van der Waals surface area contributed by atoms with Crippen molar-refractivity contribution in [2.45, 2.75) is 19.8 Å². The summed E-state index contributed by atoms with van der Waals surface area (Å²) in [5, 5.41) is 11.4. The normalized spacial score (nSPS) is 11.2. The zero-order valence-corrected chi connectivity index (χ0v) is 16.7. The highest BCUT2D eigenvalue weighted by molar-refractivity contribution is 5.94. The number of hydrogen-bond donors (Lipinski definition) is 2. The van der Waals surface area contributed by atoms with Crippen molar-refractivity contribution in [3.63, 3.8) is 0 Å². The first-order chi connectivity index (χ1) is 14.0. The third-order valence-electron chi connectivity index (χ3n) is 5.29. The Morgan fingerprint density at radius 3 is 2.14 bits per heavy atom. The second-order valence-electron chi connectivity index (χ2n) is 7.44. The van der Waals surface area contributed by atoms with Crippen molar-refractivity contribution in [3.05, 3.63) is 77.9 Å². The second-order valence-corrected chi connectivity index (χ2v) is 7.44. The molecule has 0 saturated heterocycles. The van der Waals surface area contributed by atoms with Gasteiger partial charge in [0.2, 0.25) is 0 Å². The van der Waals surface area contributed by atoms with Crippen molar-refractivity contribution in [3.8, 4) is 28.3 Å². The summed E-state index contributed by atoms with van der Waals surface area (Å²) < 4.78 is 5.55. The van der Waals surface area contributed by atoms with Gasteiger partial charge in [-0.1, -0.05) is 38.1 Å². The fourth-order valence-corrected chi connectivity index (χ4v) is 3.72. The number of hydrogen-bond acceptors (Lipinski definition) is 2. The van der Waals surface area contributed by atoms with Gasteiger partial charge in [0.25, 0.3) is 0 Å². The minimum absolute atomic E-state index is 0.283. The molecule has 0 aliphatic carbocycles. The third kappa shape index (κ3) is 3.49. The molecule has 4 aromatic rings. The van der Waals surface area contributed by atoms with Crippen LogP contribution in [0.1, 0.15) is 35.7 Å². The van der Waals surface area contributed by atoms with Gasteiger partial charge in [-0.15, -0.1) is 0 Å². The third-order valence-corrected chi connectivity index (χ3v) is 5.29. The van der Waals surface area contributed by atoms with Crippen molar-refractivity contribution in [1.82, 2.24) is 4.98 Å². The maximum absolute atomic E-state index is 11.0. The molecule has 0 spiro atoms. The van der Waals surface area contributed by atoms with Crippen molar-refractivity contribution in [2.75, 3.05) is 7.11 Å². The molecule has 0 saturated carbocycles. The lowest BCUT2D eigenvalue weighted by Crippen LogP contribution is -1.95. The molecule has 4 heteroatoms. The van der Waals surface area contributed by atoms with E-state index in [1.807, 2.05) is 24.3 Å². The van der Waals surface area contributed by atoms with E-state index in [0.29, 0.717) is 5.92 Å². The van der Waals surface area contributed by atoms with Gasteiger partial charge in [0.1, 0.15) is 5.75 Å². The minimum Gasteiger partial charge on any atom is -0.496 e. The Morgan fingerprint density at radius 1 is 0.862 bits per heavy atom. The Kier molecular flexibility index (Phi) is 4.85. The summed E-state index contributed by atoms with van der Waals surface area (Å²) in [4.78, 5) is 14.5. The number of carbonyl (C=O) groups is 1. The van der Waals surface area contributed by atoms with Gasteiger partial charge in [-0.3, -0.25) is 0 Å². The number of aromatic amines is 1. The molecule has 0 aliphatic heterocycles. The second kappa shape index (κ2) is 7.47. The molecule has 0 bridgehead atoms. The number of rotatable bonds is 5. The number of aromatic carboxylic acids is 1. The molecular formula is C25H23NO3. The molecule has 3 aromatic carbocycles. The molecule has 0 atom stereocenters. The van der Waals surface area contributed by atoms with Gasteiger partial charge < -0.3 is 14.8 Å². The lowest BCUT2D eigenvalue weighted by atomic mass is 9.94. The van der Waals surface area contributed by atoms with Crippen molar-refractivity contribution < 1.29 is 14.6 Å². The SMILES string of the molecule is COc1ccc(C(C)C)c2cc(-c3ccc(-c4ccc(C(=O)O)cc4)[nH]3)ccc12. The van der Waals surface area contributed by atoms with Gasteiger partial charge >= 0.3 is 5.97 Å². The number of carboxylic acid groups (broad SMARTS) is 1. The van der Waals surface area contributed by atoms with Crippen LogP contribution in [-0.4, -0.2) is 23.2 Å². The van der Waals surface area contributed by atoms with E-state index in [1.165, 1.54) is 10.9 Å². The Bertz CT molecular complexity index is 1190. The average molecular weight is 385 g/mol. The van der Waals surface area contributed by atoms with Crippen LogP contribution in [0.5, 0.6) is 5.75 Å². The van der Waals surface area contributed by atoms with E-state index in [9.17, 15) is 4.79 Å². The Hall–Kier alpha value is -3.53. The highest BCUT2D eigenvalue weighted by atomic mass is 16.5. The predicted molar refractivity (Wildman–Crippen MR) is 117 cm³/mol. The van der Waals surface area contributed by atoms with Gasteiger partial charge in [0, 0.05) is 16.8 Å². The molecule has 0 radical (unpaired) electrons. The summed E-state index contributed by atoms with van der Waals surface area (Å²) in [6.45, 7) is 4.39. The minimum atomic E-state index is -0.920. The van der Waals surface area contributed by atoms with E-state index in [2.05, 4.69) is 49.2 Å². The number of fused-ring (bicyclic) bond motifs is 1. The molecule has 29 heavy (non-hydrogen) atoms. The van der Waals surface area contributed by atoms with E-state index < -0.39 is 5.97 Å². The lowest BCUT2D eigenvalue weighted by Gasteiger charge is -2.14. The molecule has 2 N–H and O–H groups in total. The van der Waals surface area contributed by atoms with Crippen LogP contribution in [0, 0.1) is 0 Å². The van der Waals surface area contributed by atoms with E-state index >= 15 is 0 Å². The first-order valence-electron chi connectivity index (χ1n) is 9.61. The van der Waals surface area contributed by atoms with Gasteiger partial charge in [-0.2, -0.15) is 0 Å². The highest BCUT2D eigenvalue weighted by Gasteiger charge is 2.12. The summed E-state index contributed by atoms with van der Waals surface area (Å²) in [5.74, 6) is 0.364. The zero-order chi connectivity index (χ0) is 20.5. The van der Waals surface area contributed by atoms with Crippen molar-refractivity contribution in [2.24, 2.45) is 0 Å². The standard InChI is InChI=1S/C25H23NO3/c1-15(2)19-10-13-24(29-3)20-9-8-18(14-21(19)20)23-12-11-22(26-23)16-4-6-17(7-5-16)25(27)28/h4-15,26H,1-3H3,(H,27,28). The molecule has 1 aromatic heterocycles. The number of H-pyrrole nitrogens is 1. The van der Waals surface area contributed by atoms with Crippen LogP contribution in [0.4, 0.5) is 0 Å². The monoisotopic (exact) mass is 385 g/mol. The molecule has 1 heterocycles. The Labute approximate surface area is 169 Å². The van der Waals surface area contributed by atoms with Gasteiger partial charge in [-0.05, 0) is 70.5 Å². The Morgan fingerprint density at radius 2 is 1.52 bits per heavy atom. The summed E-state index contributed by atoms with van der Waals surface area (Å²) in [6.07, 6.45) is 0. The number of carboxylic acids is 1. The van der Waals surface area contributed by atoms with Crippen LogP contribution in [0.25, 0.3) is 33.3 Å². The quantitative estimate of drug-likeness (QED) is 0.422. The Balaban J connectivity index is 1.75. The maximum atomic E-state index is 11.0. The molecule has 0 unspecified atom stereocenters. The molecule has 0 amide bonds. The van der Waals surface area contributed by atoms with Crippen LogP contribution < -0.4 is 4.74 Å². The molecular weight excluding hydrogens is 362 g/mol. The predicted octanol–water partition coefficient (Wildman–Crippen LogP) is 6.33. The summed E-state index contributed by atoms with van der Waals surface area (Å²) in [7, 11) is 1.70. The van der Waals surface area contributed by atoms with Gasteiger partial charge in [-0.25, -0.2) is 4.79 Å². The molecule has 4 nitrogen and oxygen atoms in total. The van der Waals surface area contributed by atoms with Crippen LogP contribution in [0.3, 0.4) is 0 Å². The molecule has 146 valence electrons. The van der Waals surface area contributed by atoms with E-state index in [4.69, 9.17) is 9.84 Å². The van der Waals surface area contributed by atoms with Crippen LogP contribution in [-0.2, 0) is 0 Å². The van der Waals surface area contributed by atoms with Crippen molar-refractivity contribution in [1.29, 1.82) is 0 Å². The largest absolute Gasteiger partial charge is 0.496 e. The first-order valence-corrected chi connectivity index (χ1v) is 9.61. The van der Waals surface area contributed by atoms with Crippen LogP contribution in [0.15, 0.2) is 66.7 Å². The number of benzene rings is 3. The van der Waals surface area contributed by atoms with Gasteiger partial charge in [0.05, 0.1) is 12.7 Å². The highest BCUT2D eigenvalue weighted by Crippen LogP contribution is 2.35. The summed E-state index contributed by atoms with van der Waals surface area (Å²) >= 11 is 0. The number of methoxy groups -OCH3 is 1. The number of ether oxygens (including phenoxy) is 1. The smallest absolute Gasteiger partial charge is 0.335 e. The number of nitrogens with one attached hydrogen (secondary N) is 1. The van der Waals surface area contributed by atoms with Crippen molar-refractivity contribution >= 4 is 16.7 Å².